The van der Waals surface area contributed by atoms with E-state index in [0.29, 0.717) is 17.8 Å². The number of aliphatic hydroxyl groups is 1. The predicted octanol–water partition coefficient (Wildman–Crippen LogP) is 6.98. The van der Waals surface area contributed by atoms with Crippen LogP contribution in [0.4, 0.5) is 0 Å². The van der Waals surface area contributed by atoms with E-state index in [9.17, 15) is 5.11 Å². The topological polar surface area (TPSA) is 45.6 Å². The third-order valence-corrected chi connectivity index (χ3v) is 9.39. The van der Waals surface area contributed by atoms with Gasteiger partial charge in [0.15, 0.2) is 5.88 Å². The van der Waals surface area contributed by atoms with Crippen molar-refractivity contribution in [2.24, 2.45) is 17.3 Å². The minimum atomic E-state index is -0.837. The second-order valence-electron chi connectivity index (χ2n) is 13.5. The molecule has 4 atom stereocenters. The van der Waals surface area contributed by atoms with E-state index >= 15 is 0 Å². The van der Waals surface area contributed by atoms with Crippen molar-refractivity contribution in [1.82, 2.24) is 9.88 Å². The van der Waals surface area contributed by atoms with Crippen molar-refractivity contribution in [3.63, 3.8) is 0 Å². The number of likely N-dealkylation sites (tertiary alicyclic amines) is 1. The number of pyridine rings is 1. The molecule has 2 aromatic rings. The van der Waals surface area contributed by atoms with Crippen molar-refractivity contribution >= 4 is 9.04 Å². The van der Waals surface area contributed by atoms with Gasteiger partial charge in [-0.2, -0.15) is 0 Å². The Labute approximate surface area is 227 Å². The Bertz CT molecular complexity index is 1060. The van der Waals surface area contributed by atoms with Gasteiger partial charge in [0.1, 0.15) is 0 Å². The molecule has 2 aliphatic rings. The van der Waals surface area contributed by atoms with Crippen molar-refractivity contribution in [2.45, 2.75) is 97.8 Å². The Kier molecular flexibility index (Phi) is 8.57. The quantitative estimate of drug-likeness (QED) is 0.329. The monoisotopic (exact) mass is 521 g/mol. The minimum Gasteiger partial charge on any atom is -0.530 e. The molecule has 0 amide bonds. The lowest BCUT2D eigenvalue weighted by molar-refractivity contribution is -0.0329. The average Bonchev–Trinajstić information content (AvgIpc) is 2.98. The van der Waals surface area contributed by atoms with Gasteiger partial charge in [0.05, 0.1) is 11.3 Å². The summed E-state index contributed by atoms with van der Waals surface area (Å²) >= 11 is 0. The molecule has 1 aliphatic heterocycles. The lowest BCUT2D eigenvalue weighted by atomic mass is 9.71. The van der Waals surface area contributed by atoms with E-state index in [0.717, 1.165) is 44.8 Å². The number of aromatic nitrogens is 1. The van der Waals surface area contributed by atoms with Crippen LogP contribution in [0.5, 0.6) is 5.88 Å². The lowest BCUT2D eigenvalue weighted by Gasteiger charge is -2.45. The smallest absolute Gasteiger partial charge is 0.276 e. The van der Waals surface area contributed by atoms with E-state index in [-0.39, 0.29) is 11.3 Å². The van der Waals surface area contributed by atoms with Gasteiger partial charge in [0, 0.05) is 24.9 Å². The summed E-state index contributed by atoms with van der Waals surface area (Å²) < 4.78 is 6.09. The second-order valence-corrected chi connectivity index (χ2v) is 15.6. The van der Waals surface area contributed by atoms with Crippen LogP contribution in [0, 0.1) is 24.2 Å². The van der Waals surface area contributed by atoms with Crippen LogP contribution in [0.2, 0.25) is 13.1 Å². The zero-order valence-electron chi connectivity index (χ0n) is 24.5. The molecule has 2 unspecified atom stereocenters. The van der Waals surface area contributed by atoms with Crippen LogP contribution >= 0.6 is 0 Å². The van der Waals surface area contributed by atoms with E-state index in [2.05, 4.69) is 82.1 Å². The van der Waals surface area contributed by atoms with E-state index in [1.807, 2.05) is 13.8 Å². The zero-order chi connectivity index (χ0) is 27.0. The van der Waals surface area contributed by atoms with Gasteiger partial charge in [0.2, 0.25) is 0 Å². The van der Waals surface area contributed by atoms with Crippen molar-refractivity contribution in [3.05, 3.63) is 58.8 Å². The van der Waals surface area contributed by atoms with Gasteiger partial charge in [-0.3, -0.25) is 0 Å². The molecule has 1 radical (unpaired) electrons. The maximum atomic E-state index is 11.2. The number of aryl methyl sites for hydroxylation is 2. The van der Waals surface area contributed by atoms with Crippen LogP contribution in [-0.2, 0) is 6.42 Å². The van der Waals surface area contributed by atoms with Gasteiger partial charge in [-0.1, -0.05) is 51.1 Å². The van der Waals surface area contributed by atoms with E-state index in [1.54, 1.807) is 0 Å². The maximum absolute atomic E-state index is 11.2. The standard InChI is InChI=1S/C32H49N2O2Si/c1-22-11-9-10-12-25(22)26-17-18-34(21-28(26)32(5,6)35)20-23-13-14-24-15-16-29(36-37(7)8)33-30(24)27(19-23)31(2,3)4/h9-12,15-16,23,26-28,35H,13-14,17-21H2,1-8H3/t23-,26?,27-,28?/m1/s1. The van der Waals surface area contributed by atoms with E-state index in [1.165, 1.54) is 28.8 Å². The summed E-state index contributed by atoms with van der Waals surface area (Å²) in [5, 5.41) is 11.2. The Balaban J connectivity index is 1.52. The summed E-state index contributed by atoms with van der Waals surface area (Å²) in [5.74, 6) is 2.47. The third kappa shape index (κ3) is 6.85. The van der Waals surface area contributed by atoms with Crippen molar-refractivity contribution in [3.8, 4) is 5.88 Å². The summed E-state index contributed by atoms with van der Waals surface area (Å²) in [6.45, 7) is 20.8. The van der Waals surface area contributed by atoms with Gasteiger partial charge in [-0.05, 0) is 106 Å². The molecule has 0 bridgehead atoms. The van der Waals surface area contributed by atoms with Gasteiger partial charge >= 0.3 is 0 Å². The minimum absolute atomic E-state index is 0.141. The molecular formula is C32H49N2O2Si. The van der Waals surface area contributed by atoms with Crippen LogP contribution in [0.3, 0.4) is 0 Å². The van der Waals surface area contributed by atoms with Crippen LogP contribution in [-0.4, -0.2) is 49.3 Å². The number of benzene rings is 1. The first kappa shape index (κ1) is 28.3. The van der Waals surface area contributed by atoms with Crippen LogP contribution in [0.15, 0.2) is 36.4 Å². The molecule has 1 aromatic heterocycles. The SMILES string of the molecule is Cc1ccccc1C1CCN(C[C@@H]2CCc3ccc(O[Si](C)C)nc3[C@H](C(C)(C)C)C2)CC1C(C)(C)O. The Hall–Kier alpha value is -1.69. The van der Waals surface area contributed by atoms with Gasteiger partial charge in [-0.25, -0.2) is 4.98 Å². The summed E-state index contributed by atoms with van der Waals surface area (Å²) in [5.41, 5.74) is 4.87. The number of piperidine rings is 1. The number of rotatable bonds is 6. The Morgan fingerprint density at radius 2 is 1.78 bits per heavy atom. The summed E-state index contributed by atoms with van der Waals surface area (Å²) in [7, 11) is -0.837. The molecule has 1 aliphatic carbocycles. The molecular weight excluding hydrogens is 472 g/mol. The first-order valence-electron chi connectivity index (χ1n) is 14.3. The lowest BCUT2D eigenvalue weighted by Crippen LogP contribution is -2.49. The van der Waals surface area contributed by atoms with Gasteiger partial charge in [-0.15, -0.1) is 0 Å². The number of hydrogen-bond donors (Lipinski definition) is 1. The highest BCUT2D eigenvalue weighted by Crippen LogP contribution is 2.45. The summed E-state index contributed by atoms with van der Waals surface area (Å²) in [4.78, 5) is 7.75. The largest absolute Gasteiger partial charge is 0.530 e. The number of nitrogens with zero attached hydrogens (tertiary/aromatic N) is 2. The normalized spacial score (nSPS) is 25.6. The van der Waals surface area contributed by atoms with E-state index in [4.69, 9.17) is 9.41 Å². The van der Waals surface area contributed by atoms with Gasteiger partial charge < -0.3 is 14.4 Å². The molecule has 2 heterocycles. The first-order valence-corrected chi connectivity index (χ1v) is 16.7. The molecule has 0 saturated carbocycles. The Morgan fingerprint density at radius 1 is 1.05 bits per heavy atom. The van der Waals surface area contributed by atoms with E-state index < -0.39 is 14.6 Å². The number of hydrogen-bond acceptors (Lipinski definition) is 4. The zero-order valence-corrected chi connectivity index (χ0v) is 25.5. The van der Waals surface area contributed by atoms with Crippen molar-refractivity contribution in [1.29, 1.82) is 0 Å². The molecule has 1 fully saturated rings. The highest BCUT2D eigenvalue weighted by atomic mass is 28.3. The fourth-order valence-electron chi connectivity index (χ4n) is 6.76. The summed E-state index contributed by atoms with van der Waals surface area (Å²) in [6.07, 6.45) is 4.55. The summed E-state index contributed by atoms with van der Waals surface area (Å²) in [6, 6.07) is 13.1. The van der Waals surface area contributed by atoms with Crippen LogP contribution < -0.4 is 4.43 Å². The second kappa shape index (κ2) is 11.2. The molecule has 1 saturated heterocycles. The molecule has 37 heavy (non-hydrogen) atoms. The molecule has 1 N–H and O–H groups in total. The van der Waals surface area contributed by atoms with Gasteiger partial charge in [0.25, 0.3) is 9.04 Å². The highest BCUT2D eigenvalue weighted by molar-refractivity contribution is 6.49. The first-order chi connectivity index (χ1) is 17.3. The van der Waals surface area contributed by atoms with Crippen molar-refractivity contribution in [2.75, 3.05) is 19.6 Å². The fraction of sp³-hybridized carbons (Fsp3) is 0.656. The molecule has 5 heteroatoms. The number of fused-ring (bicyclic) bond motifs is 1. The molecule has 1 aromatic carbocycles. The predicted molar refractivity (Wildman–Crippen MR) is 156 cm³/mol. The molecule has 4 nitrogen and oxygen atoms in total. The molecule has 0 spiro atoms. The van der Waals surface area contributed by atoms with Crippen LogP contribution in [0.1, 0.15) is 88.1 Å². The van der Waals surface area contributed by atoms with Crippen molar-refractivity contribution < 1.29 is 9.53 Å². The third-order valence-electron chi connectivity index (χ3n) is 8.77. The average molecular weight is 522 g/mol. The molecule has 4 rings (SSSR count). The Morgan fingerprint density at radius 3 is 2.43 bits per heavy atom. The molecule has 203 valence electrons. The maximum Gasteiger partial charge on any atom is 0.276 e. The fourth-order valence-corrected chi connectivity index (χ4v) is 7.29. The highest BCUT2D eigenvalue weighted by Gasteiger charge is 2.41. The van der Waals surface area contributed by atoms with Crippen LogP contribution in [0.25, 0.3) is 0 Å².